The molecule has 0 aliphatic heterocycles. The van der Waals surface area contributed by atoms with Gasteiger partial charge in [-0.15, -0.1) is 0 Å². The molecule has 94 valence electrons. The summed E-state index contributed by atoms with van der Waals surface area (Å²) in [6, 6.07) is 0. The number of nitrogens with one attached hydrogen (secondary N) is 1. The van der Waals surface area contributed by atoms with Gasteiger partial charge < -0.3 is 10.1 Å². The van der Waals surface area contributed by atoms with Crippen LogP contribution < -0.4 is 10.1 Å². The number of aromatic nitrogens is 2. The molecular formula is C12H18BrN3O. The van der Waals surface area contributed by atoms with Crippen molar-refractivity contribution < 1.29 is 4.74 Å². The fourth-order valence-electron chi connectivity index (χ4n) is 2.07. The first-order valence-electron chi connectivity index (χ1n) is 5.99. The van der Waals surface area contributed by atoms with Gasteiger partial charge in [0.15, 0.2) is 0 Å². The van der Waals surface area contributed by atoms with E-state index in [9.17, 15) is 0 Å². The zero-order valence-corrected chi connectivity index (χ0v) is 11.9. The van der Waals surface area contributed by atoms with Gasteiger partial charge in [0.2, 0.25) is 11.8 Å². The highest BCUT2D eigenvalue weighted by Crippen LogP contribution is 2.49. The fourth-order valence-corrected chi connectivity index (χ4v) is 2.42. The Hall–Kier alpha value is -0.840. The molecule has 0 saturated heterocycles. The third kappa shape index (κ3) is 3.09. The molecule has 2 rings (SSSR count). The van der Waals surface area contributed by atoms with Gasteiger partial charge in [-0.25, -0.2) is 4.98 Å². The first kappa shape index (κ1) is 12.6. The average molecular weight is 300 g/mol. The van der Waals surface area contributed by atoms with Crippen molar-refractivity contribution in [1.82, 2.24) is 9.97 Å². The van der Waals surface area contributed by atoms with Crippen LogP contribution in [0.2, 0.25) is 0 Å². The Labute approximate surface area is 110 Å². The van der Waals surface area contributed by atoms with Crippen molar-refractivity contribution >= 4 is 21.9 Å². The predicted octanol–water partition coefficient (Wildman–Crippen LogP) is 3.24. The molecule has 1 fully saturated rings. The SMILES string of the molecule is CCCC1(CNc2ncc(Br)c(OC)n2)CC1. The summed E-state index contributed by atoms with van der Waals surface area (Å²) in [4.78, 5) is 8.52. The highest BCUT2D eigenvalue weighted by atomic mass is 79.9. The molecule has 1 aromatic heterocycles. The Balaban J connectivity index is 1.95. The van der Waals surface area contributed by atoms with Crippen LogP contribution in [0.4, 0.5) is 5.95 Å². The molecule has 17 heavy (non-hydrogen) atoms. The van der Waals surface area contributed by atoms with E-state index in [0.717, 1.165) is 11.0 Å². The van der Waals surface area contributed by atoms with Crippen molar-refractivity contribution in [3.8, 4) is 5.88 Å². The minimum Gasteiger partial charge on any atom is -0.480 e. The summed E-state index contributed by atoms with van der Waals surface area (Å²) in [5, 5.41) is 3.31. The lowest BCUT2D eigenvalue weighted by molar-refractivity contribution is 0.394. The summed E-state index contributed by atoms with van der Waals surface area (Å²) in [6.45, 7) is 3.20. The van der Waals surface area contributed by atoms with Crippen molar-refractivity contribution in [2.45, 2.75) is 32.6 Å². The summed E-state index contributed by atoms with van der Waals surface area (Å²) in [5.41, 5.74) is 0.498. The van der Waals surface area contributed by atoms with Crippen molar-refractivity contribution in [2.75, 3.05) is 19.0 Å². The van der Waals surface area contributed by atoms with Gasteiger partial charge in [-0.05, 0) is 40.6 Å². The zero-order chi connectivity index (χ0) is 12.3. The van der Waals surface area contributed by atoms with E-state index in [1.54, 1.807) is 13.3 Å². The second-order valence-corrected chi connectivity index (χ2v) is 5.51. The third-order valence-electron chi connectivity index (χ3n) is 3.26. The Morgan fingerprint density at radius 1 is 1.53 bits per heavy atom. The lowest BCUT2D eigenvalue weighted by atomic mass is 10.0. The zero-order valence-electron chi connectivity index (χ0n) is 10.3. The van der Waals surface area contributed by atoms with Crippen LogP contribution in [-0.4, -0.2) is 23.6 Å². The molecule has 1 N–H and O–H groups in total. The summed E-state index contributed by atoms with van der Waals surface area (Å²) >= 11 is 3.34. The number of ether oxygens (including phenoxy) is 1. The molecule has 1 aromatic rings. The first-order chi connectivity index (χ1) is 8.19. The predicted molar refractivity (Wildman–Crippen MR) is 71.3 cm³/mol. The first-order valence-corrected chi connectivity index (χ1v) is 6.79. The molecule has 0 radical (unpaired) electrons. The van der Waals surface area contributed by atoms with E-state index in [0.29, 0.717) is 17.2 Å². The van der Waals surface area contributed by atoms with Crippen molar-refractivity contribution in [1.29, 1.82) is 0 Å². The lowest BCUT2D eigenvalue weighted by Gasteiger charge is -2.15. The summed E-state index contributed by atoms with van der Waals surface area (Å²) in [5.74, 6) is 1.22. The number of halogens is 1. The number of anilines is 1. The number of rotatable bonds is 6. The van der Waals surface area contributed by atoms with Gasteiger partial charge in [0.1, 0.15) is 0 Å². The van der Waals surface area contributed by atoms with Gasteiger partial charge in [0.05, 0.1) is 17.8 Å². The van der Waals surface area contributed by atoms with Gasteiger partial charge in [0, 0.05) is 6.54 Å². The van der Waals surface area contributed by atoms with E-state index in [1.807, 2.05) is 0 Å². The van der Waals surface area contributed by atoms with Crippen molar-refractivity contribution in [3.63, 3.8) is 0 Å². The number of methoxy groups -OCH3 is 1. The molecule has 0 bridgehead atoms. The van der Waals surface area contributed by atoms with E-state index >= 15 is 0 Å². The third-order valence-corrected chi connectivity index (χ3v) is 3.81. The summed E-state index contributed by atoms with van der Waals surface area (Å²) < 4.78 is 5.92. The monoisotopic (exact) mass is 299 g/mol. The van der Waals surface area contributed by atoms with E-state index in [4.69, 9.17) is 4.74 Å². The molecule has 0 atom stereocenters. The Kier molecular flexibility index (Phi) is 3.86. The number of nitrogens with zero attached hydrogens (tertiary/aromatic N) is 2. The van der Waals surface area contributed by atoms with Gasteiger partial charge in [-0.1, -0.05) is 13.3 Å². The standard InChI is InChI=1S/C12H18BrN3O/c1-3-4-12(5-6-12)8-15-11-14-7-9(13)10(16-11)17-2/h7H,3-6,8H2,1-2H3,(H,14,15,16). The van der Waals surface area contributed by atoms with Gasteiger partial charge >= 0.3 is 0 Å². The fraction of sp³-hybridized carbons (Fsp3) is 0.667. The Morgan fingerprint density at radius 2 is 2.29 bits per heavy atom. The summed E-state index contributed by atoms with van der Waals surface area (Å²) in [6.07, 6.45) is 6.89. The second-order valence-electron chi connectivity index (χ2n) is 4.65. The number of hydrogen-bond acceptors (Lipinski definition) is 4. The topological polar surface area (TPSA) is 47.0 Å². The van der Waals surface area contributed by atoms with E-state index in [-0.39, 0.29) is 0 Å². The molecule has 1 heterocycles. The van der Waals surface area contributed by atoms with Crippen LogP contribution in [0.1, 0.15) is 32.6 Å². The minimum atomic E-state index is 0.498. The van der Waals surface area contributed by atoms with Crippen LogP contribution >= 0.6 is 15.9 Å². The molecule has 1 saturated carbocycles. The van der Waals surface area contributed by atoms with Crippen LogP contribution in [0.25, 0.3) is 0 Å². The maximum atomic E-state index is 5.14. The smallest absolute Gasteiger partial charge is 0.232 e. The highest BCUT2D eigenvalue weighted by Gasteiger charge is 2.41. The van der Waals surface area contributed by atoms with Crippen LogP contribution in [-0.2, 0) is 0 Å². The average Bonchev–Trinajstić information content (AvgIpc) is 3.09. The molecule has 4 nitrogen and oxygen atoms in total. The molecular weight excluding hydrogens is 282 g/mol. The minimum absolute atomic E-state index is 0.498. The van der Waals surface area contributed by atoms with Crippen molar-refractivity contribution in [2.24, 2.45) is 5.41 Å². The molecule has 0 amide bonds. The van der Waals surface area contributed by atoms with Crippen LogP contribution in [0.5, 0.6) is 5.88 Å². The molecule has 1 aliphatic carbocycles. The van der Waals surface area contributed by atoms with Crippen molar-refractivity contribution in [3.05, 3.63) is 10.7 Å². The summed E-state index contributed by atoms with van der Waals surface area (Å²) in [7, 11) is 1.61. The van der Waals surface area contributed by atoms with E-state index in [1.165, 1.54) is 25.7 Å². The van der Waals surface area contributed by atoms with Crippen LogP contribution in [0.15, 0.2) is 10.7 Å². The molecule has 0 spiro atoms. The Bertz CT molecular complexity index is 393. The normalized spacial score (nSPS) is 16.6. The van der Waals surface area contributed by atoms with Gasteiger partial charge in [-0.3, -0.25) is 0 Å². The van der Waals surface area contributed by atoms with E-state index in [2.05, 4.69) is 38.1 Å². The largest absolute Gasteiger partial charge is 0.480 e. The van der Waals surface area contributed by atoms with Gasteiger partial charge in [0.25, 0.3) is 0 Å². The molecule has 0 unspecified atom stereocenters. The van der Waals surface area contributed by atoms with Crippen LogP contribution in [0.3, 0.4) is 0 Å². The number of hydrogen-bond donors (Lipinski definition) is 1. The Morgan fingerprint density at radius 3 is 2.88 bits per heavy atom. The van der Waals surface area contributed by atoms with Crippen LogP contribution in [0, 0.1) is 5.41 Å². The molecule has 0 aromatic carbocycles. The second kappa shape index (κ2) is 5.21. The molecule has 1 aliphatic rings. The lowest BCUT2D eigenvalue weighted by Crippen LogP contribution is -2.16. The maximum Gasteiger partial charge on any atom is 0.232 e. The van der Waals surface area contributed by atoms with E-state index < -0.39 is 0 Å². The maximum absolute atomic E-state index is 5.14. The molecule has 5 heteroatoms. The quantitative estimate of drug-likeness (QED) is 0.876. The highest BCUT2D eigenvalue weighted by molar-refractivity contribution is 9.10. The van der Waals surface area contributed by atoms with Gasteiger partial charge in [-0.2, -0.15) is 4.98 Å².